The van der Waals surface area contributed by atoms with Gasteiger partial charge in [-0.15, -0.1) is 0 Å². The fourth-order valence-corrected chi connectivity index (χ4v) is 6.45. The number of ether oxygens (including phenoxy) is 10. The first kappa shape index (κ1) is 63.7. The standard InChI is InChI=1S/C29H52N2O13.C22H26N6O3/c1-2-6-35-8-10-37-12-14-39-16-18-41-20-22-43-24-25-44-23-21-42-19-17-40-15-13-38-11-9-36-7-5-30-27(32)26-31-28(33)3-4-29(31)34;1-3-7-28(31-4-2)22(30)17-8-16-6-5-15(9-19(16)27-20(23)10-17)18-11-25-21(26-12-18)13-24-14-29/h3-4H,2,5-26H2,1H3,(H,30,32);5-6,8-9,11-12,14H,3-4,7,10,13H2,1-2H3,(H2,23,27)(H,24,29). The van der Waals surface area contributed by atoms with Crippen LogP contribution >= 0.6 is 0 Å². The number of nitrogens with two attached hydrogens (primary N) is 1. The van der Waals surface area contributed by atoms with E-state index in [9.17, 15) is 24.0 Å². The van der Waals surface area contributed by atoms with Crippen molar-refractivity contribution in [2.75, 3.05) is 158 Å². The van der Waals surface area contributed by atoms with Crippen molar-refractivity contribution in [2.45, 2.75) is 46.6 Å². The van der Waals surface area contributed by atoms with Crippen LogP contribution in [-0.2, 0) is 82.7 Å². The predicted molar refractivity (Wildman–Crippen MR) is 275 cm³/mol. The minimum Gasteiger partial charge on any atom is -0.387 e. The van der Waals surface area contributed by atoms with Crippen molar-refractivity contribution in [1.29, 1.82) is 0 Å². The summed E-state index contributed by atoms with van der Waals surface area (Å²) in [5.41, 5.74) is 9.80. The maximum absolute atomic E-state index is 13.0. The molecule has 0 radical (unpaired) electrons. The maximum Gasteiger partial charge on any atom is 0.273 e. The Labute approximate surface area is 439 Å². The molecule has 0 saturated heterocycles. The van der Waals surface area contributed by atoms with E-state index in [1.807, 2.05) is 38.1 Å². The highest BCUT2D eigenvalue weighted by Crippen LogP contribution is 2.32. The van der Waals surface area contributed by atoms with Crippen LogP contribution in [0.2, 0.25) is 0 Å². The van der Waals surface area contributed by atoms with E-state index in [1.165, 1.54) is 5.06 Å². The monoisotopic (exact) mass is 1060 g/mol. The highest BCUT2D eigenvalue weighted by molar-refractivity contribution is 6.14. The molecule has 418 valence electrons. The Morgan fingerprint density at radius 2 is 1.15 bits per heavy atom. The van der Waals surface area contributed by atoms with Gasteiger partial charge >= 0.3 is 0 Å². The first-order chi connectivity index (χ1) is 36.7. The number of rotatable bonds is 43. The molecule has 2 aromatic rings. The zero-order valence-electron chi connectivity index (χ0n) is 43.8. The SMILES string of the molecule is CCCN(OCC)C(=O)C1=Cc2ccc(-c3cnc(CNC=O)nc3)cc2N=C(N)C1.CCCOCCOCCOCCOCCOCCOCCOCCOCCOCCOCCNC(=O)CN1C(=O)C=CC1=O. The van der Waals surface area contributed by atoms with Crippen LogP contribution in [0.15, 0.2) is 53.3 Å². The maximum atomic E-state index is 13.0. The molecule has 2 aliphatic rings. The summed E-state index contributed by atoms with van der Waals surface area (Å²) < 4.78 is 54.1. The molecular formula is C51H78N8O16. The van der Waals surface area contributed by atoms with Gasteiger partial charge in [0.15, 0.2) is 0 Å². The third-order valence-electron chi connectivity index (χ3n) is 10.1. The summed E-state index contributed by atoms with van der Waals surface area (Å²) >= 11 is 0. The number of carbonyl (C=O) groups is 5. The molecule has 1 aromatic carbocycles. The van der Waals surface area contributed by atoms with Crippen LogP contribution in [0.1, 0.15) is 51.4 Å². The average Bonchev–Trinajstić information content (AvgIpc) is 3.61. The van der Waals surface area contributed by atoms with Gasteiger partial charge in [0, 0.05) is 67.4 Å². The molecule has 75 heavy (non-hydrogen) atoms. The highest BCUT2D eigenvalue weighted by Gasteiger charge is 2.25. The lowest BCUT2D eigenvalue weighted by Crippen LogP contribution is -2.41. The van der Waals surface area contributed by atoms with E-state index in [1.54, 1.807) is 12.4 Å². The van der Waals surface area contributed by atoms with Crippen LogP contribution in [0.3, 0.4) is 0 Å². The van der Waals surface area contributed by atoms with Crippen LogP contribution in [0, 0.1) is 0 Å². The number of benzene rings is 1. The highest BCUT2D eigenvalue weighted by atomic mass is 16.7. The minimum atomic E-state index is -0.489. The lowest BCUT2D eigenvalue weighted by atomic mass is 10.0. The van der Waals surface area contributed by atoms with Crippen molar-refractivity contribution in [2.24, 2.45) is 10.7 Å². The topological polar surface area (TPSA) is 282 Å². The minimum absolute atomic E-state index is 0.202. The summed E-state index contributed by atoms with van der Waals surface area (Å²) in [4.78, 5) is 77.3. The van der Waals surface area contributed by atoms with E-state index in [4.69, 9.17) is 57.9 Å². The summed E-state index contributed by atoms with van der Waals surface area (Å²) in [5, 5.41) is 6.50. The second-order valence-electron chi connectivity index (χ2n) is 16.0. The molecule has 0 atom stereocenters. The molecule has 3 heterocycles. The number of nitrogens with zero attached hydrogens (tertiary/aromatic N) is 5. The van der Waals surface area contributed by atoms with Gasteiger partial charge in [-0.05, 0) is 37.5 Å². The Morgan fingerprint density at radius 1 is 0.667 bits per heavy atom. The summed E-state index contributed by atoms with van der Waals surface area (Å²) in [6, 6.07) is 5.70. The molecule has 4 N–H and O–H groups in total. The van der Waals surface area contributed by atoms with Gasteiger partial charge in [0.1, 0.15) is 18.2 Å². The fraction of sp³-hybridized carbons (Fsp3) is 0.608. The summed E-state index contributed by atoms with van der Waals surface area (Å²) in [5.74, 6) is -0.729. The number of carbonyl (C=O) groups excluding carboxylic acids is 5. The van der Waals surface area contributed by atoms with Crippen molar-refractivity contribution >= 4 is 47.6 Å². The first-order valence-corrected chi connectivity index (χ1v) is 25.4. The molecule has 0 saturated carbocycles. The van der Waals surface area contributed by atoms with Gasteiger partial charge in [-0.1, -0.05) is 26.0 Å². The van der Waals surface area contributed by atoms with Crippen LogP contribution in [-0.4, -0.2) is 214 Å². The van der Waals surface area contributed by atoms with E-state index in [0.717, 1.165) is 53.2 Å². The number of amides is 5. The Morgan fingerprint density at radius 3 is 1.60 bits per heavy atom. The fourth-order valence-electron chi connectivity index (χ4n) is 6.45. The largest absolute Gasteiger partial charge is 0.387 e. The smallest absolute Gasteiger partial charge is 0.273 e. The molecule has 1 aromatic heterocycles. The van der Waals surface area contributed by atoms with Gasteiger partial charge in [-0.2, -0.15) is 0 Å². The molecule has 0 aliphatic carbocycles. The van der Waals surface area contributed by atoms with Crippen LogP contribution < -0.4 is 16.4 Å². The lowest BCUT2D eigenvalue weighted by Gasteiger charge is -2.21. The molecule has 2 aliphatic heterocycles. The van der Waals surface area contributed by atoms with E-state index in [2.05, 4.69) is 32.5 Å². The number of hydroxylamine groups is 2. The van der Waals surface area contributed by atoms with Gasteiger partial charge in [0.25, 0.3) is 17.7 Å². The summed E-state index contributed by atoms with van der Waals surface area (Å²) in [7, 11) is 0. The third-order valence-corrected chi connectivity index (χ3v) is 10.1. The summed E-state index contributed by atoms with van der Waals surface area (Å²) in [6.45, 7) is 17.0. The summed E-state index contributed by atoms with van der Waals surface area (Å²) in [6.07, 6.45) is 10.1. The van der Waals surface area contributed by atoms with E-state index >= 15 is 0 Å². The van der Waals surface area contributed by atoms with E-state index in [0.29, 0.717) is 168 Å². The van der Waals surface area contributed by atoms with Crippen LogP contribution in [0.5, 0.6) is 0 Å². The van der Waals surface area contributed by atoms with Crippen LogP contribution in [0.25, 0.3) is 17.2 Å². The number of aliphatic imine (C=N–C) groups is 1. The van der Waals surface area contributed by atoms with Crippen molar-refractivity contribution < 1.29 is 76.2 Å². The molecule has 0 bridgehead atoms. The van der Waals surface area contributed by atoms with E-state index in [-0.39, 0.29) is 32.0 Å². The Kier molecular flexibility index (Phi) is 35.3. The van der Waals surface area contributed by atoms with Gasteiger partial charge in [-0.3, -0.25) is 33.7 Å². The molecule has 5 amide bonds. The lowest BCUT2D eigenvalue weighted by molar-refractivity contribution is -0.180. The Bertz CT molecular complexity index is 2000. The van der Waals surface area contributed by atoms with Gasteiger partial charge in [0.2, 0.25) is 12.3 Å². The normalized spacial score (nSPS) is 12.9. The second-order valence-corrected chi connectivity index (χ2v) is 16.0. The van der Waals surface area contributed by atoms with Crippen molar-refractivity contribution in [3.63, 3.8) is 0 Å². The van der Waals surface area contributed by atoms with Gasteiger partial charge < -0.3 is 63.7 Å². The van der Waals surface area contributed by atoms with Crippen molar-refractivity contribution in [3.8, 4) is 11.1 Å². The van der Waals surface area contributed by atoms with Crippen molar-refractivity contribution in [3.05, 3.63) is 59.7 Å². The first-order valence-electron chi connectivity index (χ1n) is 25.4. The van der Waals surface area contributed by atoms with Crippen LogP contribution in [0.4, 0.5) is 5.69 Å². The molecule has 4 rings (SSSR count). The number of amidine groups is 1. The molecular weight excluding hydrogens is 981 g/mol. The zero-order chi connectivity index (χ0) is 54.0. The number of fused-ring (bicyclic) bond motifs is 1. The predicted octanol–water partition coefficient (Wildman–Crippen LogP) is 1.96. The average molecular weight is 1060 g/mol. The van der Waals surface area contributed by atoms with Gasteiger partial charge in [0.05, 0.1) is 144 Å². The Hall–Kier alpha value is -5.64. The molecule has 24 heteroatoms. The zero-order valence-corrected chi connectivity index (χ0v) is 43.8. The number of hydrogen-bond acceptors (Lipinski definition) is 20. The molecule has 24 nitrogen and oxygen atoms in total. The number of nitrogens with one attached hydrogen (secondary N) is 2. The quantitative estimate of drug-likeness (QED) is 0.0370. The van der Waals surface area contributed by atoms with E-state index < -0.39 is 17.7 Å². The second kappa shape index (κ2) is 41.6. The molecule has 0 spiro atoms. The number of hydrogen-bond donors (Lipinski definition) is 3. The van der Waals surface area contributed by atoms with Crippen molar-refractivity contribution in [1.82, 2.24) is 30.6 Å². The molecule has 0 unspecified atom stereocenters. The number of aromatic nitrogens is 2. The Balaban J connectivity index is 0.000000418. The third kappa shape index (κ3) is 28.7. The van der Waals surface area contributed by atoms with Gasteiger partial charge in [-0.25, -0.2) is 20.0 Å². The molecule has 0 fully saturated rings. The number of imide groups is 1.